The summed E-state index contributed by atoms with van der Waals surface area (Å²) in [7, 11) is 1.89. The van der Waals surface area contributed by atoms with Crippen molar-refractivity contribution in [1.29, 1.82) is 0 Å². The summed E-state index contributed by atoms with van der Waals surface area (Å²) >= 11 is 1.38. The van der Waals surface area contributed by atoms with Gasteiger partial charge in [0.15, 0.2) is 5.13 Å². The molecule has 0 saturated heterocycles. The summed E-state index contributed by atoms with van der Waals surface area (Å²) in [4.78, 5) is 20.4. The second-order valence-corrected chi connectivity index (χ2v) is 8.01. The number of nitrogens with zero attached hydrogens (tertiary/aromatic N) is 3. The standard InChI is InChI=1S/C22H22F3N3O2S/c1-15-4-8-19(9-5-15)28(16(2)29)21-26-18(14-31-21)13-27(3)12-17-6-10-20(11-7-17)30-22(23,24)25/h4-11,14H,12-13H2,1-3H3. The van der Waals surface area contributed by atoms with Gasteiger partial charge in [-0.3, -0.25) is 14.6 Å². The first-order chi connectivity index (χ1) is 14.6. The Morgan fingerprint density at radius 3 is 2.29 bits per heavy atom. The highest BCUT2D eigenvalue weighted by atomic mass is 32.1. The molecule has 0 fully saturated rings. The summed E-state index contributed by atoms with van der Waals surface area (Å²) in [6.45, 7) is 4.53. The van der Waals surface area contributed by atoms with Crippen molar-refractivity contribution in [2.24, 2.45) is 0 Å². The van der Waals surface area contributed by atoms with E-state index < -0.39 is 6.36 Å². The molecule has 164 valence electrons. The summed E-state index contributed by atoms with van der Waals surface area (Å²) in [5, 5.41) is 2.49. The van der Waals surface area contributed by atoms with Crippen molar-refractivity contribution in [3.8, 4) is 5.75 Å². The number of aryl methyl sites for hydroxylation is 1. The Balaban J connectivity index is 1.64. The van der Waals surface area contributed by atoms with Crippen molar-refractivity contribution in [1.82, 2.24) is 9.88 Å². The van der Waals surface area contributed by atoms with Gasteiger partial charge in [0.05, 0.1) is 11.4 Å². The molecule has 31 heavy (non-hydrogen) atoms. The van der Waals surface area contributed by atoms with E-state index in [0.717, 1.165) is 22.5 Å². The quantitative estimate of drug-likeness (QED) is 0.467. The average Bonchev–Trinajstić information content (AvgIpc) is 3.11. The lowest BCUT2D eigenvalue weighted by Gasteiger charge is -2.18. The van der Waals surface area contributed by atoms with E-state index in [9.17, 15) is 18.0 Å². The average molecular weight is 449 g/mol. The molecule has 1 aromatic heterocycles. The first-order valence-corrected chi connectivity index (χ1v) is 10.3. The Morgan fingerprint density at radius 1 is 1.06 bits per heavy atom. The molecule has 0 spiro atoms. The Hall–Kier alpha value is -2.91. The molecule has 2 aromatic carbocycles. The Kier molecular flexibility index (Phi) is 6.97. The fourth-order valence-corrected chi connectivity index (χ4v) is 3.91. The van der Waals surface area contributed by atoms with Crippen molar-refractivity contribution in [2.45, 2.75) is 33.3 Å². The largest absolute Gasteiger partial charge is 0.573 e. The fourth-order valence-electron chi connectivity index (χ4n) is 3.03. The van der Waals surface area contributed by atoms with E-state index in [0.29, 0.717) is 18.2 Å². The number of alkyl halides is 3. The second kappa shape index (κ2) is 9.49. The third kappa shape index (κ3) is 6.53. The Labute approximate surface area is 182 Å². The number of ether oxygens (including phenoxy) is 1. The summed E-state index contributed by atoms with van der Waals surface area (Å²) in [6.07, 6.45) is -4.70. The molecule has 0 aliphatic heterocycles. The van der Waals surface area contributed by atoms with E-state index in [-0.39, 0.29) is 11.7 Å². The minimum absolute atomic E-state index is 0.126. The highest BCUT2D eigenvalue weighted by Gasteiger charge is 2.31. The van der Waals surface area contributed by atoms with Gasteiger partial charge in [-0.2, -0.15) is 0 Å². The normalized spacial score (nSPS) is 11.6. The molecule has 3 rings (SSSR count). The summed E-state index contributed by atoms with van der Waals surface area (Å²) in [5.41, 5.74) is 3.51. The number of hydrogen-bond donors (Lipinski definition) is 0. The molecule has 0 N–H and O–H groups in total. The van der Waals surface area contributed by atoms with E-state index in [1.165, 1.54) is 30.4 Å². The molecule has 0 saturated carbocycles. The summed E-state index contributed by atoms with van der Waals surface area (Å²) in [6, 6.07) is 13.4. The fraction of sp³-hybridized carbons (Fsp3) is 0.273. The van der Waals surface area contributed by atoms with Crippen LogP contribution in [0.3, 0.4) is 0 Å². The van der Waals surface area contributed by atoms with E-state index in [1.54, 1.807) is 17.0 Å². The molecule has 0 unspecified atom stereocenters. The SMILES string of the molecule is CC(=O)N(c1ccc(C)cc1)c1nc(CN(C)Cc2ccc(OC(F)(F)F)cc2)cs1. The third-order valence-electron chi connectivity index (χ3n) is 4.38. The van der Waals surface area contributed by atoms with Gasteiger partial charge in [0, 0.05) is 25.4 Å². The number of aromatic nitrogens is 1. The molecular weight excluding hydrogens is 427 g/mol. The van der Waals surface area contributed by atoms with Crippen LogP contribution in [-0.2, 0) is 17.9 Å². The van der Waals surface area contributed by atoms with Gasteiger partial charge in [-0.05, 0) is 43.8 Å². The van der Waals surface area contributed by atoms with Gasteiger partial charge in [0.2, 0.25) is 5.91 Å². The Morgan fingerprint density at radius 2 is 1.71 bits per heavy atom. The van der Waals surface area contributed by atoms with Crippen LogP contribution in [0.4, 0.5) is 24.0 Å². The molecule has 0 bridgehead atoms. The van der Waals surface area contributed by atoms with Crippen LogP contribution in [0, 0.1) is 6.92 Å². The second-order valence-electron chi connectivity index (χ2n) is 7.18. The molecule has 9 heteroatoms. The van der Waals surface area contributed by atoms with E-state index in [4.69, 9.17) is 0 Å². The number of rotatable bonds is 7. The van der Waals surface area contributed by atoms with E-state index >= 15 is 0 Å². The number of halogens is 3. The number of amides is 1. The zero-order chi connectivity index (χ0) is 22.6. The monoisotopic (exact) mass is 449 g/mol. The minimum atomic E-state index is -4.70. The topological polar surface area (TPSA) is 45.7 Å². The van der Waals surface area contributed by atoms with Gasteiger partial charge in [-0.15, -0.1) is 24.5 Å². The van der Waals surface area contributed by atoms with E-state index in [2.05, 4.69) is 9.72 Å². The molecule has 3 aromatic rings. The molecule has 0 aliphatic carbocycles. The van der Waals surface area contributed by atoms with Crippen LogP contribution in [0.1, 0.15) is 23.7 Å². The van der Waals surface area contributed by atoms with Gasteiger partial charge < -0.3 is 4.74 Å². The Bertz CT molecular complexity index is 1020. The molecule has 0 radical (unpaired) electrons. The number of anilines is 2. The minimum Gasteiger partial charge on any atom is -0.406 e. The van der Waals surface area contributed by atoms with Gasteiger partial charge in [-0.25, -0.2) is 4.98 Å². The van der Waals surface area contributed by atoms with Crippen molar-refractivity contribution >= 4 is 28.1 Å². The predicted molar refractivity (Wildman–Crippen MR) is 114 cm³/mol. The van der Waals surface area contributed by atoms with Gasteiger partial charge in [0.1, 0.15) is 5.75 Å². The predicted octanol–water partition coefficient (Wildman–Crippen LogP) is 5.67. The molecule has 0 aliphatic rings. The number of carbonyl (C=O) groups is 1. The lowest BCUT2D eigenvalue weighted by Crippen LogP contribution is -2.23. The molecule has 1 heterocycles. The molecule has 0 atom stereocenters. The highest BCUT2D eigenvalue weighted by Crippen LogP contribution is 2.29. The van der Waals surface area contributed by atoms with Gasteiger partial charge in [0.25, 0.3) is 0 Å². The van der Waals surface area contributed by atoms with Crippen LogP contribution < -0.4 is 9.64 Å². The zero-order valence-corrected chi connectivity index (χ0v) is 18.1. The first kappa shape index (κ1) is 22.8. The van der Waals surface area contributed by atoms with Crippen molar-refractivity contribution in [2.75, 3.05) is 11.9 Å². The number of hydrogen-bond acceptors (Lipinski definition) is 5. The third-order valence-corrected chi connectivity index (χ3v) is 5.25. The van der Waals surface area contributed by atoms with Crippen LogP contribution >= 0.6 is 11.3 Å². The van der Waals surface area contributed by atoms with Crippen LogP contribution in [0.15, 0.2) is 53.9 Å². The van der Waals surface area contributed by atoms with Gasteiger partial charge >= 0.3 is 6.36 Å². The molecular formula is C22H22F3N3O2S. The number of benzene rings is 2. The smallest absolute Gasteiger partial charge is 0.406 e. The molecule has 1 amide bonds. The van der Waals surface area contributed by atoms with Crippen molar-refractivity contribution in [3.05, 3.63) is 70.7 Å². The van der Waals surface area contributed by atoms with Crippen LogP contribution in [0.2, 0.25) is 0 Å². The van der Waals surface area contributed by atoms with Crippen LogP contribution in [0.25, 0.3) is 0 Å². The van der Waals surface area contributed by atoms with Gasteiger partial charge in [-0.1, -0.05) is 29.8 Å². The van der Waals surface area contributed by atoms with E-state index in [1.807, 2.05) is 48.5 Å². The molecule has 5 nitrogen and oxygen atoms in total. The summed E-state index contributed by atoms with van der Waals surface area (Å²) in [5.74, 6) is -0.372. The maximum atomic E-state index is 12.3. The van der Waals surface area contributed by atoms with Crippen molar-refractivity contribution < 1.29 is 22.7 Å². The number of carbonyl (C=O) groups excluding carboxylic acids is 1. The first-order valence-electron chi connectivity index (χ1n) is 9.46. The lowest BCUT2D eigenvalue weighted by molar-refractivity contribution is -0.274. The lowest BCUT2D eigenvalue weighted by atomic mass is 10.2. The maximum absolute atomic E-state index is 12.3. The maximum Gasteiger partial charge on any atom is 0.573 e. The number of thiazole rings is 1. The van der Waals surface area contributed by atoms with Crippen LogP contribution in [-0.4, -0.2) is 29.2 Å². The summed E-state index contributed by atoms with van der Waals surface area (Å²) < 4.78 is 40.7. The van der Waals surface area contributed by atoms with Crippen LogP contribution in [0.5, 0.6) is 5.75 Å². The highest BCUT2D eigenvalue weighted by molar-refractivity contribution is 7.14. The van der Waals surface area contributed by atoms with Crippen molar-refractivity contribution in [3.63, 3.8) is 0 Å². The zero-order valence-electron chi connectivity index (χ0n) is 17.3.